The van der Waals surface area contributed by atoms with Crippen molar-refractivity contribution in [3.63, 3.8) is 0 Å². The maximum Gasteiger partial charge on any atom is 0.243 e. The first kappa shape index (κ1) is 17.4. The molecule has 0 spiro atoms. The lowest BCUT2D eigenvalue weighted by atomic mass is 9.85. The van der Waals surface area contributed by atoms with Crippen LogP contribution >= 0.6 is 0 Å². The van der Waals surface area contributed by atoms with Crippen LogP contribution in [0.4, 0.5) is 0 Å². The Balaban J connectivity index is 1.58. The van der Waals surface area contributed by atoms with Gasteiger partial charge in [0.25, 0.3) is 0 Å². The largest absolute Gasteiger partial charge is 0.354 e. The molecule has 1 saturated heterocycles. The molecule has 25 heavy (non-hydrogen) atoms. The predicted octanol–water partition coefficient (Wildman–Crippen LogP) is 1.99. The van der Waals surface area contributed by atoms with Gasteiger partial charge >= 0.3 is 0 Å². The van der Waals surface area contributed by atoms with Gasteiger partial charge in [-0.25, -0.2) is 0 Å². The molecule has 1 aromatic carbocycles. The molecule has 2 aliphatic rings. The molecule has 0 saturated carbocycles. The summed E-state index contributed by atoms with van der Waals surface area (Å²) in [6.07, 6.45) is 5.80. The number of aryl methyl sites for hydroxylation is 1. The van der Waals surface area contributed by atoms with Gasteiger partial charge < -0.3 is 5.32 Å². The van der Waals surface area contributed by atoms with Crippen molar-refractivity contribution >= 4 is 17.7 Å². The van der Waals surface area contributed by atoms with Gasteiger partial charge in [-0.05, 0) is 44.2 Å². The van der Waals surface area contributed by atoms with Crippen molar-refractivity contribution in [3.05, 3.63) is 47.5 Å². The van der Waals surface area contributed by atoms with E-state index in [1.807, 2.05) is 43.3 Å². The first-order valence-electron chi connectivity index (χ1n) is 8.85. The zero-order chi connectivity index (χ0) is 18.0. The molecule has 0 radical (unpaired) electrons. The molecular formula is C20H24N2O3. The van der Waals surface area contributed by atoms with Crippen molar-refractivity contribution in [1.82, 2.24) is 10.2 Å². The Morgan fingerprint density at radius 3 is 2.36 bits per heavy atom. The van der Waals surface area contributed by atoms with E-state index in [1.165, 1.54) is 16.0 Å². The number of allylic oxidation sites excluding steroid dienone is 2. The van der Waals surface area contributed by atoms with Crippen LogP contribution in [-0.2, 0) is 20.8 Å². The molecule has 1 N–H and O–H groups in total. The van der Waals surface area contributed by atoms with Crippen LogP contribution in [0.5, 0.6) is 0 Å². The molecule has 2 unspecified atom stereocenters. The summed E-state index contributed by atoms with van der Waals surface area (Å²) in [5.74, 6) is -1.27. The number of carbonyl (C=O) groups is 3. The van der Waals surface area contributed by atoms with Gasteiger partial charge in [0, 0.05) is 6.54 Å². The second-order valence-electron chi connectivity index (χ2n) is 6.85. The van der Waals surface area contributed by atoms with Crippen LogP contribution in [0, 0.1) is 18.8 Å². The Hall–Kier alpha value is -2.43. The summed E-state index contributed by atoms with van der Waals surface area (Å²) in [7, 11) is 0. The molecule has 5 nitrogen and oxygen atoms in total. The first-order chi connectivity index (χ1) is 12.0. The SMILES string of the molecule is Cc1ccccc1CCNC(=O)[C@H](C)N1C(=O)C2CC=CCC2C1=O. The zero-order valence-corrected chi connectivity index (χ0v) is 14.7. The lowest BCUT2D eigenvalue weighted by molar-refractivity contribution is -0.147. The monoisotopic (exact) mass is 340 g/mol. The Morgan fingerprint density at radius 2 is 1.76 bits per heavy atom. The van der Waals surface area contributed by atoms with E-state index < -0.39 is 6.04 Å². The lowest BCUT2D eigenvalue weighted by Crippen LogP contribution is -2.48. The number of nitrogens with zero attached hydrogens (tertiary/aromatic N) is 1. The molecule has 1 aliphatic carbocycles. The van der Waals surface area contributed by atoms with E-state index in [0.29, 0.717) is 19.4 Å². The van der Waals surface area contributed by atoms with Crippen molar-refractivity contribution in [2.24, 2.45) is 11.8 Å². The molecule has 0 aromatic heterocycles. The number of hydrogen-bond donors (Lipinski definition) is 1. The van der Waals surface area contributed by atoms with Crippen LogP contribution in [0.25, 0.3) is 0 Å². The molecule has 0 bridgehead atoms. The maximum absolute atomic E-state index is 12.5. The topological polar surface area (TPSA) is 66.5 Å². The summed E-state index contributed by atoms with van der Waals surface area (Å²) in [6, 6.07) is 7.28. The van der Waals surface area contributed by atoms with E-state index in [-0.39, 0.29) is 29.6 Å². The van der Waals surface area contributed by atoms with E-state index in [9.17, 15) is 14.4 Å². The molecule has 132 valence electrons. The second kappa shape index (κ2) is 7.21. The number of likely N-dealkylation sites (tertiary alicyclic amines) is 1. The fourth-order valence-corrected chi connectivity index (χ4v) is 3.68. The molecule has 1 fully saturated rings. The van der Waals surface area contributed by atoms with Crippen LogP contribution in [0.1, 0.15) is 30.9 Å². The van der Waals surface area contributed by atoms with E-state index in [0.717, 1.165) is 6.42 Å². The molecule has 5 heteroatoms. The maximum atomic E-state index is 12.5. The minimum Gasteiger partial charge on any atom is -0.354 e. The van der Waals surface area contributed by atoms with Crippen molar-refractivity contribution < 1.29 is 14.4 Å². The highest BCUT2D eigenvalue weighted by Gasteiger charge is 2.49. The minimum absolute atomic E-state index is 0.207. The average Bonchev–Trinajstić information content (AvgIpc) is 2.87. The van der Waals surface area contributed by atoms with Crippen molar-refractivity contribution in [2.45, 2.75) is 39.2 Å². The molecule has 3 atom stereocenters. The Morgan fingerprint density at radius 1 is 1.16 bits per heavy atom. The van der Waals surface area contributed by atoms with Gasteiger partial charge in [0.05, 0.1) is 11.8 Å². The fraction of sp³-hybridized carbons (Fsp3) is 0.450. The van der Waals surface area contributed by atoms with Crippen molar-refractivity contribution in [2.75, 3.05) is 6.54 Å². The fourth-order valence-electron chi connectivity index (χ4n) is 3.68. The Labute approximate surface area is 148 Å². The molecular weight excluding hydrogens is 316 g/mol. The number of rotatable bonds is 5. The van der Waals surface area contributed by atoms with Crippen LogP contribution in [0.3, 0.4) is 0 Å². The molecule has 3 rings (SSSR count). The third-order valence-corrected chi connectivity index (χ3v) is 5.26. The normalized spacial score (nSPS) is 23.5. The minimum atomic E-state index is -0.762. The third-order valence-electron chi connectivity index (χ3n) is 5.26. The number of imide groups is 1. The number of nitrogens with one attached hydrogen (secondary N) is 1. The van der Waals surface area contributed by atoms with Gasteiger partial charge in [-0.15, -0.1) is 0 Å². The first-order valence-corrected chi connectivity index (χ1v) is 8.85. The van der Waals surface area contributed by atoms with E-state index in [2.05, 4.69) is 5.32 Å². The second-order valence-corrected chi connectivity index (χ2v) is 6.85. The summed E-state index contributed by atoms with van der Waals surface area (Å²) in [5, 5.41) is 2.86. The Bertz CT molecular complexity index is 699. The number of fused-ring (bicyclic) bond motifs is 1. The summed E-state index contributed by atoms with van der Waals surface area (Å²) in [4.78, 5) is 38.7. The molecule has 3 amide bonds. The van der Waals surface area contributed by atoms with Crippen LogP contribution < -0.4 is 5.32 Å². The number of benzene rings is 1. The number of hydrogen-bond acceptors (Lipinski definition) is 3. The standard InChI is InChI=1S/C20H24N2O3/c1-13-7-3-4-8-15(13)11-12-21-18(23)14(2)22-19(24)16-9-5-6-10-17(16)20(22)25/h3-8,14,16-17H,9-12H2,1-2H3,(H,21,23)/t14-,16?,17?/m0/s1. The summed E-state index contributed by atoms with van der Waals surface area (Å²) in [5.41, 5.74) is 2.37. The van der Waals surface area contributed by atoms with Gasteiger partial charge in [-0.2, -0.15) is 0 Å². The average molecular weight is 340 g/mol. The molecule has 1 aromatic rings. The van der Waals surface area contributed by atoms with Crippen LogP contribution in [-0.4, -0.2) is 35.2 Å². The highest BCUT2D eigenvalue weighted by Crippen LogP contribution is 2.36. The van der Waals surface area contributed by atoms with Gasteiger partial charge in [0.1, 0.15) is 6.04 Å². The molecule has 1 heterocycles. The van der Waals surface area contributed by atoms with Gasteiger partial charge in [-0.3, -0.25) is 19.3 Å². The van der Waals surface area contributed by atoms with E-state index >= 15 is 0 Å². The predicted molar refractivity (Wildman–Crippen MR) is 94.6 cm³/mol. The smallest absolute Gasteiger partial charge is 0.243 e. The molecule has 1 aliphatic heterocycles. The van der Waals surface area contributed by atoms with Gasteiger partial charge in [0.2, 0.25) is 17.7 Å². The quantitative estimate of drug-likeness (QED) is 0.658. The third kappa shape index (κ3) is 3.36. The lowest BCUT2D eigenvalue weighted by Gasteiger charge is -2.22. The van der Waals surface area contributed by atoms with Crippen molar-refractivity contribution in [3.8, 4) is 0 Å². The summed E-state index contributed by atoms with van der Waals surface area (Å²) in [6.45, 7) is 4.15. The van der Waals surface area contributed by atoms with Gasteiger partial charge in [0.15, 0.2) is 0 Å². The number of carbonyl (C=O) groups excluding carboxylic acids is 3. The van der Waals surface area contributed by atoms with Crippen LogP contribution in [0.15, 0.2) is 36.4 Å². The summed E-state index contributed by atoms with van der Waals surface area (Å²) < 4.78 is 0. The highest BCUT2D eigenvalue weighted by atomic mass is 16.2. The number of amides is 3. The highest BCUT2D eigenvalue weighted by molar-refractivity contribution is 6.08. The van der Waals surface area contributed by atoms with E-state index in [4.69, 9.17) is 0 Å². The zero-order valence-electron chi connectivity index (χ0n) is 14.7. The van der Waals surface area contributed by atoms with E-state index in [1.54, 1.807) is 6.92 Å². The van der Waals surface area contributed by atoms with Gasteiger partial charge in [-0.1, -0.05) is 36.4 Å². The Kier molecular flexibility index (Phi) is 5.02. The van der Waals surface area contributed by atoms with Crippen molar-refractivity contribution in [1.29, 1.82) is 0 Å². The summed E-state index contributed by atoms with van der Waals surface area (Å²) >= 11 is 0. The van der Waals surface area contributed by atoms with Crippen LogP contribution in [0.2, 0.25) is 0 Å².